The molecule has 0 amide bonds. The van der Waals surface area contributed by atoms with Gasteiger partial charge < -0.3 is 23.9 Å². The van der Waals surface area contributed by atoms with Crippen LogP contribution in [-0.2, 0) is 23.0 Å². The summed E-state index contributed by atoms with van der Waals surface area (Å²) in [6.07, 6.45) is 0.449. The maximum Gasteiger partial charge on any atom is 0.306 e. The number of aromatic nitrogens is 2. The normalized spacial score (nSPS) is 11.5. The number of hydrogen-bond acceptors (Lipinski definition) is 7. The number of para-hydroxylation sites is 3. The smallest absolute Gasteiger partial charge is 0.306 e. The van der Waals surface area contributed by atoms with Gasteiger partial charge in [-0.2, -0.15) is 5.26 Å². The number of hydrogen-bond donors (Lipinski definition) is 1. The zero-order valence-electron chi connectivity index (χ0n) is 17.6. The second-order valence-corrected chi connectivity index (χ2v) is 6.73. The van der Waals surface area contributed by atoms with Crippen LogP contribution in [0.5, 0.6) is 11.5 Å². The van der Waals surface area contributed by atoms with Gasteiger partial charge in [0.25, 0.3) is 0 Å². The molecular weight excluding hydrogens is 398 g/mol. The molecule has 0 unspecified atom stereocenters. The molecule has 3 rings (SSSR count). The second-order valence-electron chi connectivity index (χ2n) is 6.73. The Morgan fingerprint density at radius 2 is 1.94 bits per heavy atom. The van der Waals surface area contributed by atoms with Gasteiger partial charge in [-0.15, -0.1) is 0 Å². The summed E-state index contributed by atoms with van der Waals surface area (Å²) in [6.45, 7) is -0.416. The Labute approximate surface area is 179 Å². The Hall–Kier alpha value is -3.99. The summed E-state index contributed by atoms with van der Waals surface area (Å²) in [5, 5.41) is 19.9. The number of esters is 1. The van der Waals surface area contributed by atoms with E-state index in [4.69, 9.17) is 14.2 Å². The lowest BCUT2D eigenvalue weighted by atomic mass is 10.1. The van der Waals surface area contributed by atoms with Gasteiger partial charge in [0.2, 0.25) is 0 Å². The molecule has 0 radical (unpaired) electrons. The van der Waals surface area contributed by atoms with Crippen LogP contribution in [0, 0.1) is 11.3 Å². The van der Waals surface area contributed by atoms with Gasteiger partial charge in [0.15, 0.2) is 23.1 Å². The maximum absolute atomic E-state index is 12.2. The molecule has 2 aromatic carbocycles. The number of imidazole rings is 1. The van der Waals surface area contributed by atoms with E-state index in [-0.39, 0.29) is 17.8 Å². The fourth-order valence-corrected chi connectivity index (χ4v) is 3.29. The monoisotopic (exact) mass is 421 g/mol. The van der Waals surface area contributed by atoms with E-state index < -0.39 is 12.6 Å². The summed E-state index contributed by atoms with van der Waals surface area (Å²) in [6, 6.07) is 14.8. The minimum Gasteiger partial charge on any atom is -0.507 e. The molecule has 0 aliphatic heterocycles. The molecule has 0 bridgehead atoms. The molecule has 0 fully saturated rings. The topological polar surface area (TPSA) is 107 Å². The van der Waals surface area contributed by atoms with Crippen molar-refractivity contribution in [2.24, 2.45) is 7.05 Å². The van der Waals surface area contributed by atoms with E-state index in [1.807, 2.05) is 42.5 Å². The first-order chi connectivity index (χ1) is 15.0. The Morgan fingerprint density at radius 1 is 1.16 bits per heavy atom. The predicted octanol–water partition coefficient (Wildman–Crippen LogP) is 3.56. The summed E-state index contributed by atoms with van der Waals surface area (Å²) in [4.78, 5) is 16.6. The van der Waals surface area contributed by atoms with E-state index in [9.17, 15) is 15.2 Å². The number of benzene rings is 2. The number of allylic oxidation sites excluding steroid dienone is 1. The standard InChI is InChI=1S/C23H23N3O5/c1-26-18-9-5-4-8-17(18)25-23(26)16(13-24)19(27)14-31-21(28)12-11-15-7-6-10-20(29-2)22(15)30-3/h4-10,27H,11-12,14H2,1-3H3/b19-16-. The third-order valence-corrected chi connectivity index (χ3v) is 4.86. The van der Waals surface area contributed by atoms with E-state index in [1.165, 1.54) is 7.11 Å². The van der Waals surface area contributed by atoms with Gasteiger partial charge >= 0.3 is 5.97 Å². The van der Waals surface area contributed by atoms with Gasteiger partial charge in [-0.05, 0) is 30.2 Å². The average Bonchev–Trinajstić information content (AvgIpc) is 3.12. The number of nitriles is 1. The summed E-state index contributed by atoms with van der Waals surface area (Å²) >= 11 is 0. The SMILES string of the molecule is COc1cccc(CCC(=O)OC/C(O)=C(\C#N)c2nc3ccccc3n2C)c1OC. The van der Waals surface area contributed by atoms with Crippen molar-refractivity contribution in [3.8, 4) is 17.6 Å². The zero-order chi connectivity index (χ0) is 22.4. The summed E-state index contributed by atoms with van der Waals surface area (Å²) < 4.78 is 17.5. The van der Waals surface area contributed by atoms with E-state index in [0.717, 1.165) is 11.1 Å². The summed E-state index contributed by atoms with van der Waals surface area (Å²) in [5.41, 5.74) is 2.28. The van der Waals surface area contributed by atoms with Crippen LogP contribution in [0.4, 0.5) is 0 Å². The van der Waals surface area contributed by atoms with Crippen molar-refractivity contribution in [3.63, 3.8) is 0 Å². The Morgan fingerprint density at radius 3 is 2.61 bits per heavy atom. The molecule has 3 aromatic rings. The van der Waals surface area contributed by atoms with Crippen LogP contribution in [-0.4, -0.2) is 41.5 Å². The van der Waals surface area contributed by atoms with Crippen molar-refractivity contribution in [1.29, 1.82) is 5.26 Å². The number of aliphatic hydroxyl groups excluding tert-OH is 1. The highest BCUT2D eigenvalue weighted by Gasteiger charge is 2.18. The van der Waals surface area contributed by atoms with E-state index in [0.29, 0.717) is 29.3 Å². The van der Waals surface area contributed by atoms with Crippen LogP contribution in [0.15, 0.2) is 48.2 Å². The van der Waals surface area contributed by atoms with Crippen LogP contribution in [0.1, 0.15) is 17.8 Å². The molecule has 0 aliphatic carbocycles. The molecule has 1 aromatic heterocycles. The number of carbonyl (C=O) groups excluding carboxylic acids is 1. The maximum atomic E-state index is 12.2. The minimum atomic E-state index is -0.515. The second kappa shape index (κ2) is 9.67. The van der Waals surface area contributed by atoms with Crippen LogP contribution in [0.3, 0.4) is 0 Å². The third kappa shape index (κ3) is 4.61. The van der Waals surface area contributed by atoms with Crippen molar-refractivity contribution in [3.05, 3.63) is 59.6 Å². The van der Waals surface area contributed by atoms with E-state index in [1.54, 1.807) is 24.8 Å². The fraction of sp³-hybridized carbons (Fsp3) is 0.261. The number of nitrogens with zero attached hydrogens (tertiary/aromatic N) is 3. The fourth-order valence-electron chi connectivity index (χ4n) is 3.29. The van der Waals surface area contributed by atoms with Gasteiger partial charge in [-0.3, -0.25) is 4.79 Å². The lowest BCUT2D eigenvalue weighted by molar-refractivity contribution is -0.143. The van der Waals surface area contributed by atoms with Crippen molar-refractivity contribution in [2.75, 3.05) is 20.8 Å². The number of aryl methyl sites for hydroxylation is 2. The number of aliphatic hydroxyl groups is 1. The molecule has 1 heterocycles. The van der Waals surface area contributed by atoms with Gasteiger partial charge in [0.05, 0.1) is 25.3 Å². The molecule has 8 heteroatoms. The first kappa shape index (κ1) is 21.7. The molecular formula is C23H23N3O5. The van der Waals surface area contributed by atoms with Crippen LogP contribution >= 0.6 is 0 Å². The quantitative estimate of drug-likeness (QED) is 0.337. The van der Waals surface area contributed by atoms with Crippen LogP contribution < -0.4 is 9.47 Å². The Balaban J connectivity index is 1.68. The highest BCUT2D eigenvalue weighted by molar-refractivity contribution is 5.84. The molecule has 160 valence electrons. The number of methoxy groups -OCH3 is 2. The number of rotatable bonds is 8. The molecule has 0 aliphatic rings. The highest BCUT2D eigenvalue weighted by atomic mass is 16.5. The van der Waals surface area contributed by atoms with Gasteiger partial charge in [0.1, 0.15) is 18.2 Å². The lowest BCUT2D eigenvalue weighted by Gasteiger charge is -2.12. The zero-order valence-corrected chi connectivity index (χ0v) is 17.6. The Bertz CT molecular complexity index is 1170. The van der Waals surface area contributed by atoms with Crippen molar-refractivity contribution in [2.45, 2.75) is 12.8 Å². The largest absolute Gasteiger partial charge is 0.507 e. The van der Waals surface area contributed by atoms with Gasteiger partial charge in [-0.25, -0.2) is 4.98 Å². The molecule has 0 saturated heterocycles. The molecule has 8 nitrogen and oxygen atoms in total. The van der Waals surface area contributed by atoms with Crippen molar-refractivity contribution in [1.82, 2.24) is 9.55 Å². The summed E-state index contributed by atoms with van der Waals surface area (Å²) in [5.74, 6) is 0.578. The Kier molecular flexibility index (Phi) is 6.78. The molecule has 0 saturated carbocycles. The molecule has 1 N–H and O–H groups in total. The van der Waals surface area contributed by atoms with Gasteiger partial charge in [0, 0.05) is 13.5 Å². The number of carbonyl (C=O) groups is 1. The summed E-state index contributed by atoms with van der Waals surface area (Å²) in [7, 11) is 4.83. The van der Waals surface area contributed by atoms with Crippen molar-refractivity contribution < 1.29 is 24.1 Å². The van der Waals surface area contributed by atoms with E-state index in [2.05, 4.69) is 4.98 Å². The van der Waals surface area contributed by atoms with Crippen molar-refractivity contribution >= 4 is 22.6 Å². The molecule has 0 spiro atoms. The van der Waals surface area contributed by atoms with E-state index >= 15 is 0 Å². The molecule has 0 atom stereocenters. The predicted molar refractivity (Wildman–Crippen MR) is 115 cm³/mol. The number of ether oxygens (including phenoxy) is 3. The molecule has 31 heavy (non-hydrogen) atoms. The lowest BCUT2D eigenvalue weighted by Crippen LogP contribution is -2.11. The van der Waals surface area contributed by atoms with Gasteiger partial charge in [-0.1, -0.05) is 24.3 Å². The minimum absolute atomic E-state index is 0.0408. The average molecular weight is 421 g/mol. The number of fused-ring (bicyclic) bond motifs is 1. The highest BCUT2D eigenvalue weighted by Crippen LogP contribution is 2.31. The van der Waals surface area contributed by atoms with Crippen LogP contribution in [0.25, 0.3) is 16.6 Å². The first-order valence-electron chi connectivity index (χ1n) is 9.59. The first-order valence-corrected chi connectivity index (χ1v) is 9.59. The van der Waals surface area contributed by atoms with Crippen LogP contribution in [0.2, 0.25) is 0 Å². The third-order valence-electron chi connectivity index (χ3n) is 4.86.